The molecule has 1 aromatic carbocycles. The normalized spacial score (nSPS) is 13.3. The average Bonchev–Trinajstić information content (AvgIpc) is 3.14. The average molecular weight is 331 g/mol. The monoisotopic (exact) mass is 330 g/mol. The van der Waals surface area contributed by atoms with Crippen LogP contribution in [0.15, 0.2) is 24.3 Å². The molecule has 1 aliphatic rings. The second kappa shape index (κ2) is 8.22. The van der Waals surface area contributed by atoms with Crippen molar-refractivity contribution in [1.29, 1.82) is 0 Å². The van der Waals surface area contributed by atoms with Crippen LogP contribution in [-0.2, 0) is 11.3 Å². The number of aromatic amines is 1. The summed E-state index contributed by atoms with van der Waals surface area (Å²) < 4.78 is 0. The lowest BCUT2D eigenvalue weighted by Gasteiger charge is -2.04. The number of aromatic nitrogens is 2. The van der Waals surface area contributed by atoms with Gasteiger partial charge in [-0.2, -0.15) is 0 Å². The van der Waals surface area contributed by atoms with Crippen LogP contribution in [0.3, 0.4) is 0 Å². The fourth-order valence-electron chi connectivity index (χ4n) is 2.05. The van der Waals surface area contributed by atoms with Gasteiger partial charge in [-0.25, -0.2) is 4.98 Å². The molecular formula is C14H20Cl2N4O. The van der Waals surface area contributed by atoms with Crippen molar-refractivity contribution in [3.8, 4) is 0 Å². The predicted molar refractivity (Wildman–Crippen MR) is 88.0 cm³/mol. The van der Waals surface area contributed by atoms with E-state index in [1.165, 1.54) is 12.8 Å². The molecule has 5 nitrogen and oxygen atoms in total. The van der Waals surface area contributed by atoms with E-state index >= 15 is 0 Å². The van der Waals surface area contributed by atoms with Crippen molar-refractivity contribution in [2.75, 3.05) is 13.1 Å². The van der Waals surface area contributed by atoms with Gasteiger partial charge in [0.05, 0.1) is 24.1 Å². The van der Waals surface area contributed by atoms with Crippen LogP contribution in [0.25, 0.3) is 11.0 Å². The van der Waals surface area contributed by atoms with Gasteiger partial charge in [0, 0.05) is 0 Å². The molecule has 116 valence electrons. The third-order valence-corrected chi connectivity index (χ3v) is 3.31. The van der Waals surface area contributed by atoms with Crippen LogP contribution < -0.4 is 10.6 Å². The summed E-state index contributed by atoms with van der Waals surface area (Å²) in [6.45, 7) is 1.79. The topological polar surface area (TPSA) is 69.8 Å². The summed E-state index contributed by atoms with van der Waals surface area (Å²) in [5, 5.41) is 6.03. The summed E-state index contributed by atoms with van der Waals surface area (Å²) >= 11 is 0. The molecule has 1 aromatic heterocycles. The minimum absolute atomic E-state index is 0. The first kappa shape index (κ1) is 17.8. The lowest BCUT2D eigenvalue weighted by Crippen LogP contribution is -2.34. The summed E-state index contributed by atoms with van der Waals surface area (Å²) in [7, 11) is 0. The molecule has 0 aliphatic heterocycles. The van der Waals surface area contributed by atoms with Gasteiger partial charge in [0.2, 0.25) is 5.91 Å². The third-order valence-electron chi connectivity index (χ3n) is 3.31. The fraction of sp³-hybridized carbons (Fsp3) is 0.429. The molecule has 1 fully saturated rings. The van der Waals surface area contributed by atoms with Gasteiger partial charge in [-0.1, -0.05) is 12.1 Å². The summed E-state index contributed by atoms with van der Waals surface area (Å²) in [5.41, 5.74) is 1.93. The van der Waals surface area contributed by atoms with Gasteiger partial charge in [-0.3, -0.25) is 4.79 Å². The quantitative estimate of drug-likeness (QED) is 0.758. The molecule has 1 saturated carbocycles. The van der Waals surface area contributed by atoms with Crippen molar-refractivity contribution in [2.24, 2.45) is 5.92 Å². The Morgan fingerprint density at radius 3 is 2.76 bits per heavy atom. The predicted octanol–water partition coefficient (Wildman–Crippen LogP) is 2.02. The maximum Gasteiger partial charge on any atom is 0.234 e. The smallest absolute Gasteiger partial charge is 0.234 e. The van der Waals surface area contributed by atoms with E-state index in [-0.39, 0.29) is 30.7 Å². The lowest BCUT2D eigenvalue weighted by molar-refractivity contribution is -0.120. The van der Waals surface area contributed by atoms with E-state index in [1.54, 1.807) is 0 Å². The molecule has 1 amide bonds. The lowest BCUT2D eigenvalue weighted by atomic mass is 10.3. The minimum Gasteiger partial charge on any atom is -0.348 e. The molecule has 2 aromatic rings. The molecule has 0 spiro atoms. The molecule has 0 saturated heterocycles. The molecular weight excluding hydrogens is 311 g/mol. The maximum atomic E-state index is 11.6. The van der Waals surface area contributed by atoms with Crippen molar-refractivity contribution in [3.63, 3.8) is 0 Å². The van der Waals surface area contributed by atoms with Gasteiger partial charge in [0.15, 0.2) is 0 Å². The van der Waals surface area contributed by atoms with Crippen LogP contribution in [0.1, 0.15) is 18.7 Å². The number of fused-ring (bicyclic) bond motifs is 1. The van der Waals surface area contributed by atoms with Crippen molar-refractivity contribution in [1.82, 2.24) is 20.6 Å². The number of carbonyl (C=O) groups excluding carboxylic acids is 1. The first-order chi connectivity index (χ1) is 9.31. The van der Waals surface area contributed by atoms with Crippen molar-refractivity contribution in [2.45, 2.75) is 19.4 Å². The number of nitrogens with one attached hydrogen (secondary N) is 3. The van der Waals surface area contributed by atoms with E-state index in [4.69, 9.17) is 0 Å². The van der Waals surface area contributed by atoms with Crippen LogP contribution in [0, 0.1) is 5.92 Å². The van der Waals surface area contributed by atoms with Gasteiger partial charge in [0.1, 0.15) is 5.82 Å². The van der Waals surface area contributed by atoms with Crippen LogP contribution in [-0.4, -0.2) is 29.0 Å². The van der Waals surface area contributed by atoms with Gasteiger partial charge in [-0.05, 0) is 37.4 Å². The van der Waals surface area contributed by atoms with Crippen LogP contribution in [0.2, 0.25) is 0 Å². The number of rotatable bonds is 6. The third kappa shape index (κ3) is 5.19. The molecule has 3 N–H and O–H groups in total. The van der Waals surface area contributed by atoms with Crippen LogP contribution >= 0.6 is 24.8 Å². The Kier molecular flexibility index (Phi) is 6.95. The van der Waals surface area contributed by atoms with Gasteiger partial charge >= 0.3 is 0 Å². The van der Waals surface area contributed by atoms with E-state index in [9.17, 15) is 4.79 Å². The van der Waals surface area contributed by atoms with E-state index < -0.39 is 0 Å². The zero-order valence-corrected chi connectivity index (χ0v) is 13.2. The Morgan fingerprint density at radius 1 is 1.29 bits per heavy atom. The first-order valence-electron chi connectivity index (χ1n) is 6.72. The second-order valence-electron chi connectivity index (χ2n) is 5.05. The van der Waals surface area contributed by atoms with E-state index in [1.807, 2.05) is 24.3 Å². The van der Waals surface area contributed by atoms with Crippen LogP contribution in [0.5, 0.6) is 0 Å². The number of hydrogen-bond donors (Lipinski definition) is 3. The van der Waals surface area contributed by atoms with Gasteiger partial charge in [0.25, 0.3) is 0 Å². The highest BCUT2D eigenvalue weighted by Crippen LogP contribution is 2.27. The summed E-state index contributed by atoms with van der Waals surface area (Å²) in [6.07, 6.45) is 2.60. The Labute approximate surface area is 136 Å². The number of halogens is 2. The number of H-pyrrole nitrogens is 1. The fourth-order valence-corrected chi connectivity index (χ4v) is 2.05. The summed E-state index contributed by atoms with van der Waals surface area (Å²) in [5.74, 6) is 1.60. The van der Waals surface area contributed by atoms with E-state index in [0.29, 0.717) is 13.1 Å². The highest BCUT2D eigenvalue weighted by molar-refractivity contribution is 5.85. The van der Waals surface area contributed by atoms with Crippen LogP contribution in [0.4, 0.5) is 0 Å². The highest BCUT2D eigenvalue weighted by atomic mass is 35.5. The van der Waals surface area contributed by atoms with Crippen molar-refractivity contribution in [3.05, 3.63) is 30.1 Å². The number of benzene rings is 1. The largest absolute Gasteiger partial charge is 0.348 e. The first-order valence-corrected chi connectivity index (χ1v) is 6.72. The standard InChI is InChI=1S/C14H18N4O.2ClH/c19-14(9-15-7-10-5-6-10)16-8-13-17-11-3-1-2-4-12(11)18-13;;/h1-4,10,15H,5-9H2,(H,16,19)(H,17,18);2*1H. The Morgan fingerprint density at radius 2 is 2.05 bits per heavy atom. The maximum absolute atomic E-state index is 11.6. The zero-order valence-electron chi connectivity index (χ0n) is 11.6. The second-order valence-corrected chi connectivity index (χ2v) is 5.05. The number of hydrogen-bond acceptors (Lipinski definition) is 3. The summed E-state index contributed by atoms with van der Waals surface area (Å²) in [6, 6.07) is 7.84. The molecule has 0 atom stereocenters. The molecule has 21 heavy (non-hydrogen) atoms. The molecule has 0 bridgehead atoms. The minimum atomic E-state index is 0. The molecule has 0 unspecified atom stereocenters. The van der Waals surface area contributed by atoms with E-state index in [2.05, 4.69) is 20.6 Å². The number of amides is 1. The number of carbonyl (C=O) groups is 1. The van der Waals surface area contributed by atoms with Crippen molar-refractivity contribution >= 4 is 41.8 Å². The Bertz CT molecular complexity index is 550. The SMILES string of the molecule is Cl.Cl.O=C(CNCC1CC1)NCc1nc2ccccc2[nH]1. The van der Waals surface area contributed by atoms with Gasteiger partial charge < -0.3 is 15.6 Å². The molecule has 3 rings (SSSR count). The molecule has 0 radical (unpaired) electrons. The number of nitrogens with zero attached hydrogens (tertiary/aromatic N) is 1. The highest BCUT2D eigenvalue weighted by Gasteiger charge is 2.20. The molecule has 7 heteroatoms. The Hall–Kier alpha value is -1.30. The number of para-hydroxylation sites is 2. The number of imidazole rings is 1. The zero-order chi connectivity index (χ0) is 13.1. The molecule has 1 aliphatic carbocycles. The Balaban J connectivity index is 0.00000110. The van der Waals surface area contributed by atoms with Gasteiger partial charge in [-0.15, -0.1) is 24.8 Å². The molecule has 1 heterocycles. The van der Waals surface area contributed by atoms with E-state index in [0.717, 1.165) is 29.3 Å². The van der Waals surface area contributed by atoms with Crippen molar-refractivity contribution < 1.29 is 4.79 Å². The summed E-state index contributed by atoms with van der Waals surface area (Å²) in [4.78, 5) is 19.2.